The third-order valence-electron chi connectivity index (χ3n) is 2.54. The van der Waals surface area contributed by atoms with E-state index in [1.807, 2.05) is 48.5 Å². The number of nitrogens with zero attached hydrogens (tertiary/aromatic N) is 2. The van der Waals surface area contributed by atoms with Gasteiger partial charge in [-0.15, -0.1) is 23.2 Å². The van der Waals surface area contributed by atoms with Crippen LogP contribution in [0.15, 0.2) is 58.5 Å². The van der Waals surface area contributed by atoms with Crippen molar-refractivity contribution in [1.29, 1.82) is 0 Å². The number of alkyl halides is 2. The first kappa shape index (κ1) is 13.8. The second-order valence-corrected chi connectivity index (χ2v) is 4.46. The summed E-state index contributed by atoms with van der Waals surface area (Å²) in [5.41, 5.74) is 3.73. The Morgan fingerprint density at radius 3 is 1.37 bits per heavy atom. The second kappa shape index (κ2) is 7.10. The van der Waals surface area contributed by atoms with Crippen molar-refractivity contribution in [2.45, 2.75) is 11.8 Å². The van der Waals surface area contributed by atoms with Gasteiger partial charge in [0.15, 0.2) is 0 Å². The summed E-state index contributed by atoms with van der Waals surface area (Å²) in [6, 6.07) is 18.0. The SMILES string of the molecule is ClCc1ccc(N=C=Nc2ccc(CCl)cc2)cc1. The molecule has 2 nitrogen and oxygen atoms in total. The lowest BCUT2D eigenvalue weighted by atomic mass is 10.2. The van der Waals surface area contributed by atoms with E-state index in [2.05, 4.69) is 16.0 Å². The van der Waals surface area contributed by atoms with Gasteiger partial charge in [0, 0.05) is 11.8 Å². The van der Waals surface area contributed by atoms with E-state index in [4.69, 9.17) is 23.2 Å². The van der Waals surface area contributed by atoms with Crippen LogP contribution in [0, 0.1) is 0 Å². The summed E-state index contributed by atoms with van der Waals surface area (Å²) in [4.78, 5) is 8.27. The Kier molecular flexibility index (Phi) is 5.17. The molecule has 0 bridgehead atoms. The topological polar surface area (TPSA) is 24.7 Å². The van der Waals surface area contributed by atoms with Crippen molar-refractivity contribution in [3.63, 3.8) is 0 Å². The van der Waals surface area contributed by atoms with Gasteiger partial charge in [0.25, 0.3) is 0 Å². The molecule has 4 heteroatoms. The highest BCUT2D eigenvalue weighted by Gasteiger charge is 1.91. The smallest absolute Gasteiger partial charge is 0.100 e. The number of hydrogen-bond acceptors (Lipinski definition) is 2. The molecule has 2 rings (SSSR count). The summed E-state index contributed by atoms with van der Waals surface area (Å²) in [5, 5.41) is 0. The van der Waals surface area contributed by atoms with Gasteiger partial charge >= 0.3 is 0 Å². The van der Waals surface area contributed by atoms with Crippen molar-refractivity contribution >= 4 is 40.6 Å². The predicted octanol–water partition coefficient (Wildman–Crippen LogP) is 5.30. The van der Waals surface area contributed by atoms with Crippen LogP contribution in [0.5, 0.6) is 0 Å². The largest absolute Gasteiger partial charge is 0.188 e. The van der Waals surface area contributed by atoms with Gasteiger partial charge in [-0.2, -0.15) is 9.98 Å². The van der Waals surface area contributed by atoms with Gasteiger partial charge in [0.1, 0.15) is 6.01 Å². The number of aliphatic imine (C=N–C) groups is 2. The zero-order valence-corrected chi connectivity index (χ0v) is 11.7. The molecule has 0 aromatic heterocycles. The van der Waals surface area contributed by atoms with Gasteiger partial charge < -0.3 is 0 Å². The average molecular weight is 291 g/mol. The molecule has 2 aromatic carbocycles. The third kappa shape index (κ3) is 4.22. The first-order valence-electron chi connectivity index (χ1n) is 5.78. The van der Waals surface area contributed by atoms with Crippen LogP contribution < -0.4 is 0 Å². The standard InChI is InChI=1S/C15H12Cl2N2/c16-9-12-1-5-14(6-2-12)18-11-19-15-7-3-13(10-17)4-8-15/h1-8H,9-10H2. The van der Waals surface area contributed by atoms with Gasteiger partial charge in [-0.3, -0.25) is 0 Å². The third-order valence-corrected chi connectivity index (χ3v) is 3.16. The predicted molar refractivity (Wildman–Crippen MR) is 81.2 cm³/mol. The fourth-order valence-electron chi connectivity index (χ4n) is 1.46. The number of rotatable bonds is 4. The molecule has 0 amide bonds. The maximum Gasteiger partial charge on any atom is 0.100 e. The molecule has 96 valence electrons. The normalized spacial score (nSPS) is 9.79. The van der Waals surface area contributed by atoms with Crippen LogP contribution in [-0.4, -0.2) is 6.01 Å². The fourth-order valence-corrected chi connectivity index (χ4v) is 1.82. The van der Waals surface area contributed by atoms with E-state index in [0.29, 0.717) is 11.8 Å². The summed E-state index contributed by atoms with van der Waals surface area (Å²) in [5.74, 6) is 1.01. The van der Waals surface area contributed by atoms with Crippen LogP contribution in [0.2, 0.25) is 0 Å². The molecule has 0 atom stereocenters. The molecule has 0 saturated carbocycles. The molecule has 0 unspecified atom stereocenters. The fraction of sp³-hybridized carbons (Fsp3) is 0.133. The molecule has 0 radical (unpaired) electrons. The summed E-state index contributed by atoms with van der Waals surface area (Å²) in [6.07, 6.45) is 0. The van der Waals surface area contributed by atoms with Crippen molar-refractivity contribution in [1.82, 2.24) is 0 Å². The van der Waals surface area contributed by atoms with Gasteiger partial charge in [-0.25, -0.2) is 0 Å². The van der Waals surface area contributed by atoms with Crippen molar-refractivity contribution in [2.75, 3.05) is 0 Å². The number of hydrogen-bond donors (Lipinski definition) is 0. The molecule has 0 heterocycles. The van der Waals surface area contributed by atoms with E-state index >= 15 is 0 Å². The minimum atomic E-state index is 0.505. The first-order valence-corrected chi connectivity index (χ1v) is 6.85. The molecule has 19 heavy (non-hydrogen) atoms. The van der Waals surface area contributed by atoms with E-state index in [1.54, 1.807) is 0 Å². The van der Waals surface area contributed by atoms with Gasteiger partial charge in [0.05, 0.1) is 11.4 Å². The van der Waals surface area contributed by atoms with Gasteiger partial charge in [0.2, 0.25) is 0 Å². The van der Waals surface area contributed by atoms with E-state index < -0.39 is 0 Å². The minimum Gasteiger partial charge on any atom is -0.188 e. The summed E-state index contributed by atoms with van der Waals surface area (Å²) in [7, 11) is 0. The molecule has 0 fully saturated rings. The highest BCUT2D eigenvalue weighted by Crippen LogP contribution is 2.15. The Hall–Kier alpha value is -1.60. The highest BCUT2D eigenvalue weighted by atomic mass is 35.5. The van der Waals surface area contributed by atoms with Crippen molar-refractivity contribution in [2.24, 2.45) is 9.98 Å². The highest BCUT2D eigenvalue weighted by molar-refractivity contribution is 6.17. The average Bonchev–Trinajstić information content (AvgIpc) is 2.49. The second-order valence-electron chi connectivity index (χ2n) is 3.92. The van der Waals surface area contributed by atoms with Crippen LogP contribution in [0.4, 0.5) is 11.4 Å². The molecular formula is C15H12Cl2N2. The summed E-state index contributed by atoms with van der Waals surface area (Å²) in [6.45, 7) is 0. The maximum absolute atomic E-state index is 5.71. The van der Waals surface area contributed by atoms with E-state index in [1.165, 1.54) is 0 Å². The minimum absolute atomic E-state index is 0.505. The summed E-state index contributed by atoms with van der Waals surface area (Å²) >= 11 is 11.4. The first-order chi connectivity index (χ1) is 9.31. The molecular weight excluding hydrogens is 279 g/mol. The van der Waals surface area contributed by atoms with Crippen molar-refractivity contribution in [3.8, 4) is 0 Å². The van der Waals surface area contributed by atoms with Gasteiger partial charge in [-0.1, -0.05) is 24.3 Å². The molecule has 0 spiro atoms. The zero-order chi connectivity index (χ0) is 13.5. The van der Waals surface area contributed by atoms with E-state index in [9.17, 15) is 0 Å². The maximum atomic E-state index is 5.71. The molecule has 0 aliphatic rings. The lowest BCUT2D eigenvalue weighted by Gasteiger charge is -1.95. The van der Waals surface area contributed by atoms with Crippen LogP contribution in [0.1, 0.15) is 11.1 Å². The van der Waals surface area contributed by atoms with Crippen LogP contribution in [0.3, 0.4) is 0 Å². The van der Waals surface area contributed by atoms with Crippen LogP contribution in [-0.2, 0) is 11.8 Å². The van der Waals surface area contributed by atoms with Crippen molar-refractivity contribution < 1.29 is 0 Å². The Morgan fingerprint density at radius 2 is 1.05 bits per heavy atom. The van der Waals surface area contributed by atoms with Crippen LogP contribution in [0.25, 0.3) is 0 Å². The van der Waals surface area contributed by atoms with E-state index in [-0.39, 0.29) is 0 Å². The molecule has 0 aliphatic carbocycles. The Balaban J connectivity index is 2.09. The molecule has 2 aromatic rings. The van der Waals surface area contributed by atoms with E-state index in [0.717, 1.165) is 22.5 Å². The molecule has 0 aliphatic heterocycles. The molecule has 0 saturated heterocycles. The number of benzene rings is 2. The quantitative estimate of drug-likeness (QED) is 0.539. The van der Waals surface area contributed by atoms with Crippen molar-refractivity contribution in [3.05, 3.63) is 59.7 Å². The molecule has 0 N–H and O–H groups in total. The lowest BCUT2D eigenvalue weighted by molar-refractivity contribution is 1.38. The number of halogens is 2. The lowest BCUT2D eigenvalue weighted by Crippen LogP contribution is -1.75. The summed E-state index contributed by atoms with van der Waals surface area (Å²) < 4.78 is 0. The van der Waals surface area contributed by atoms with Crippen LogP contribution >= 0.6 is 23.2 Å². The zero-order valence-electron chi connectivity index (χ0n) is 10.2. The Morgan fingerprint density at radius 1 is 0.684 bits per heavy atom. The Bertz CT molecular complexity index is 531. The van der Waals surface area contributed by atoms with Gasteiger partial charge in [-0.05, 0) is 35.4 Å². The Labute approximate surface area is 122 Å². The monoisotopic (exact) mass is 290 g/mol.